The number of amidine groups is 1. The van der Waals surface area contributed by atoms with Gasteiger partial charge in [-0.05, 0) is 30.7 Å². The maximum atomic E-state index is 8.72. The van der Waals surface area contributed by atoms with Gasteiger partial charge in [0, 0.05) is 49.4 Å². The molecule has 0 radical (unpaired) electrons. The Balaban J connectivity index is 1.91. The first-order valence-corrected chi connectivity index (χ1v) is 7.72. The molecule has 6 heteroatoms. The lowest BCUT2D eigenvalue weighted by atomic mass is 10.1. The second-order valence-electron chi connectivity index (χ2n) is 5.36. The summed E-state index contributed by atoms with van der Waals surface area (Å²) in [7, 11) is 0. The maximum Gasteiger partial charge on any atom is 0.140 e. The highest BCUT2D eigenvalue weighted by atomic mass is 35.5. The summed E-state index contributed by atoms with van der Waals surface area (Å²) in [6.45, 7) is 6.07. The number of nitrogens with two attached hydrogens (primary N) is 1. The number of oxime groups is 1. The van der Waals surface area contributed by atoms with Gasteiger partial charge in [-0.1, -0.05) is 23.7 Å². The van der Waals surface area contributed by atoms with Gasteiger partial charge in [0.05, 0.1) is 0 Å². The molecule has 1 aromatic rings. The molecule has 0 amide bonds. The van der Waals surface area contributed by atoms with Gasteiger partial charge in [-0.3, -0.25) is 4.90 Å². The van der Waals surface area contributed by atoms with Crippen LogP contribution in [0.4, 0.5) is 5.69 Å². The summed E-state index contributed by atoms with van der Waals surface area (Å²) in [6.07, 6.45) is 1.62. The smallest absolute Gasteiger partial charge is 0.140 e. The zero-order valence-corrected chi connectivity index (χ0v) is 13.1. The first kappa shape index (κ1) is 15.9. The summed E-state index contributed by atoms with van der Waals surface area (Å²) in [5, 5.41) is 12.6. The van der Waals surface area contributed by atoms with Crippen molar-refractivity contribution in [3.05, 3.63) is 29.3 Å². The number of benzene rings is 1. The zero-order chi connectivity index (χ0) is 15.2. The lowest BCUT2D eigenvalue weighted by Crippen LogP contribution is -2.51. The van der Waals surface area contributed by atoms with Crippen molar-refractivity contribution in [2.75, 3.05) is 31.1 Å². The van der Waals surface area contributed by atoms with Crippen LogP contribution in [0.15, 0.2) is 29.4 Å². The monoisotopic (exact) mass is 310 g/mol. The van der Waals surface area contributed by atoms with Crippen LogP contribution in [0.2, 0.25) is 5.02 Å². The van der Waals surface area contributed by atoms with E-state index in [1.54, 1.807) is 0 Å². The minimum atomic E-state index is 0.307. The minimum absolute atomic E-state index is 0.307. The van der Waals surface area contributed by atoms with E-state index in [1.807, 2.05) is 12.1 Å². The molecule has 1 fully saturated rings. The van der Waals surface area contributed by atoms with Gasteiger partial charge in [-0.15, -0.1) is 0 Å². The lowest BCUT2D eigenvalue weighted by molar-refractivity contribution is 0.182. The summed E-state index contributed by atoms with van der Waals surface area (Å²) in [5.41, 5.74) is 6.85. The molecule has 2 rings (SSSR count). The van der Waals surface area contributed by atoms with Crippen molar-refractivity contribution in [2.45, 2.75) is 25.8 Å². The van der Waals surface area contributed by atoms with Crippen molar-refractivity contribution < 1.29 is 5.21 Å². The highest BCUT2D eigenvalue weighted by molar-refractivity contribution is 6.30. The predicted octanol–water partition coefficient (Wildman–Crippen LogP) is 2.38. The molecule has 5 nitrogen and oxygen atoms in total. The number of halogens is 1. The number of nitrogens with zero attached hydrogens (tertiary/aromatic N) is 3. The van der Waals surface area contributed by atoms with E-state index in [2.05, 4.69) is 34.0 Å². The zero-order valence-electron chi connectivity index (χ0n) is 12.4. The van der Waals surface area contributed by atoms with E-state index in [1.165, 1.54) is 5.69 Å². The highest BCUT2D eigenvalue weighted by Gasteiger charge is 2.23. The van der Waals surface area contributed by atoms with Crippen LogP contribution in [0.3, 0.4) is 0 Å². The van der Waals surface area contributed by atoms with Crippen molar-refractivity contribution in [2.24, 2.45) is 10.9 Å². The standard InChI is InChI=1S/C15H23ClN4O/c1-2-13(11-15(17)18-21)19-7-9-20(10-8-19)14-5-3-12(16)4-6-14/h3-6,13,21H,2,7-11H2,1H3,(H2,17,18). The van der Waals surface area contributed by atoms with Crippen LogP contribution in [-0.4, -0.2) is 48.2 Å². The van der Waals surface area contributed by atoms with Gasteiger partial charge in [-0.25, -0.2) is 0 Å². The van der Waals surface area contributed by atoms with E-state index in [0.717, 1.165) is 37.6 Å². The number of piperazine rings is 1. The van der Waals surface area contributed by atoms with Crippen LogP contribution >= 0.6 is 11.6 Å². The van der Waals surface area contributed by atoms with E-state index < -0.39 is 0 Å². The van der Waals surface area contributed by atoms with Gasteiger partial charge >= 0.3 is 0 Å². The molecule has 0 saturated carbocycles. The second kappa shape index (κ2) is 7.52. The minimum Gasteiger partial charge on any atom is -0.409 e. The Bertz CT molecular complexity index is 469. The first-order chi connectivity index (χ1) is 10.1. The Kier molecular flexibility index (Phi) is 5.70. The maximum absolute atomic E-state index is 8.72. The molecule has 1 saturated heterocycles. The van der Waals surface area contributed by atoms with Crippen molar-refractivity contribution in [3.63, 3.8) is 0 Å². The molecule has 1 aliphatic rings. The van der Waals surface area contributed by atoms with Crippen LogP contribution in [0.5, 0.6) is 0 Å². The van der Waals surface area contributed by atoms with Crippen LogP contribution in [0.1, 0.15) is 19.8 Å². The summed E-state index contributed by atoms with van der Waals surface area (Å²) in [6, 6.07) is 8.32. The van der Waals surface area contributed by atoms with Gasteiger partial charge in [-0.2, -0.15) is 0 Å². The molecule has 21 heavy (non-hydrogen) atoms. The number of hydrogen-bond donors (Lipinski definition) is 2. The Hall–Kier alpha value is -1.46. The van der Waals surface area contributed by atoms with Crippen molar-refractivity contribution in [3.8, 4) is 0 Å². The van der Waals surface area contributed by atoms with E-state index in [0.29, 0.717) is 18.3 Å². The molecule has 1 atom stereocenters. The topological polar surface area (TPSA) is 65.1 Å². The average molecular weight is 311 g/mol. The van der Waals surface area contributed by atoms with Crippen LogP contribution in [0, 0.1) is 0 Å². The van der Waals surface area contributed by atoms with Crippen LogP contribution in [-0.2, 0) is 0 Å². The van der Waals surface area contributed by atoms with Crippen LogP contribution in [0.25, 0.3) is 0 Å². The lowest BCUT2D eigenvalue weighted by Gasteiger charge is -2.40. The molecule has 1 aliphatic heterocycles. The molecule has 1 aromatic carbocycles. The molecule has 0 aromatic heterocycles. The Labute approximate surface area is 131 Å². The van der Waals surface area contributed by atoms with Crippen LogP contribution < -0.4 is 10.6 Å². The van der Waals surface area contributed by atoms with Crippen molar-refractivity contribution in [1.29, 1.82) is 0 Å². The molecule has 0 aliphatic carbocycles. The molecular weight excluding hydrogens is 288 g/mol. The second-order valence-corrected chi connectivity index (χ2v) is 5.79. The Morgan fingerprint density at radius 1 is 1.29 bits per heavy atom. The van der Waals surface area contributed by atoms with Gasteiger partial charge in [0.1, 0.15) is 5.84 Å². The van der Waals surface area contributed by atoms with Gasteiger partial charge < -0.3 is 15.8 Å². The van der Waals surface area contributed by atoms with Gasteiger partial charge in [0.15, 0.2) is 0 Å². The molecular formula is C15H23ClN4O. The largest absolute Gasteiger partial charge is 0.409 e. The summed E-state index contributed by atoms with van der Waals surface area (Å²) in [4.78, 5) is 4.79. The third kappa shape index (κ3) is 4.25. The normalized spacial score (nSPS) is 18.8. The molecule has 1 heterocycles. The summed E-state index contributed by atoms with van der Waals surface area (Å²) < 4.78 is 0. The quantitative estimate of drug-likeness (QED) is 0.379. The number of hydrogen-bond acceptors (Lipinski definition) is 4. The van der Waals surface area contributed by atoms with E-state index >= 15 is 0 Å². The molecule has 0 spiro atoms. The number of anilines is 1. The predicted molar refractivity (Wildman–Crippen MR) is 87.3 cm³/mol. The van der Waals surface area contributed by atoms with E-state index in [4.69, 9.17) is 22.5 Å². The third-order valence-electron chi connectivity index (χ3n) is 4.07. The van der Waals surface area contributed by atoms with E-state index in [-0.39, 0.29) is 0 Å². The Morgan fingerprint density at radius 3 is 2.43 bits per heavy atom. The molecule has 116 valence electrons. The molecule has 3 N–H and O–H groups in total. The third-order valence-corrected chi connectivity index (χ3v) is 4.32. The SMILES string of the molecule is CCC(C/C(N)=N/O)N1CCN(c2ccc(Cl)cc2)CC1. The van der Waals surface area contributed by atoms with Gasteiger partial charge in [0.2, 0.25) is 0 Å². The summed E-state index contributed by atoms with van der Waals surface area (Å²) >= 11 is 5.93. The fourth-order valence-corrected chi connectivity index (χ4v) is 2.94. The average Bonchev–Trinajstić information content (AvgIpc) is 2.53. The fraction of sp³-hybridized carbons (Fsp3) is 0.533. The van der Waals surface area contributed by atoms with Crippen molar-refractivity contribution in [1.82, 2.24) is 4.90 Å². The molecule has 0 bridgehead atoms. The molecule has 1 unspecified atom stereocenters. The fourth-order valence-electron chi connectivity index (χ4n) is 2.81. The van der Waals surface area contributed by atoms with Crippen molar-refractivity contribution >= 4 is 23.1 Å². The Morgan fingerprint density at radius 2 is 1.90 bits per heavy atom. The number of rotatable bonds is 5. The van der Waals surface area contributed by atoms with Gasteiger partial charge in [0.25, 0.3) is 0 Å². The van der Waals surface area contributed by atoms with E-state index in [9.17, 15) is 0 Å². The first-order valence-electron chi connectivity index (χ1n) is 7.35. The summed E-state index contributed by atoms with van der Waals surface area (Å²) in [5.74, 6) is 0.307. The highest BCUT2D eigenvalue weighted by Crippen LogP contribution is 2.21.